The Hall–Kier alpha value is -2.57. The summed E-state index contributed by atoms with van der Waals surface area (Å²) < 4.78 is 16.8. The third-order valence-electron chi connectivity index (χ3n) is 4.40. The van der Waals surface area contributed by atoms with Crippen LogP contribution in [0.25, 0.3) is 0 Å². The first-order chi connectivity index (χ1) is 11.7. The van der Waals surface area contributed by atoms with E-state index in [1.807, 2.05) is 24.3 Å². The van der Waals surface area contributed by atoms with Crippen LogP contribution in [0.5, 0.6) is 11.5 Å². The second-order valence-corrected chi connectivity index (χ2v) is 6.09. The highest BCUT2D eigenvalue weighted by atomic mass is 16.6. The summed E-state index contributed by atoms with van der Waals surface area (Å²) in [6.45, 7) is 2.64. The van der Waals surface area contributed by atoms with Gasteiger partial charge in [0.25, 0.3) is 5.91 Å². The fourth-order valence-corrected chi connectivity index (χ4v) is 3.23. The maximum atomic E-state index is 13.0. The predicted octanol–water partition coefficient (Wildman–Crippen LogP) is 2.27. The van der Waals surface area contributed by atoms with Crippen molar-refractivity contribution in [1.29, 1.82) is 0 Å². The molecule has 2 aliphatic heterocycles. The van der Waals surface area contributed by atoms with E-state index in [0.717, 1.165) is 19.3 Å². The number of hydrogen-bond donors (Lipinski definition) is 0. The topological polar surface area (TPSA) is 77.7 Å². The number of ether oxygens (including phenoxy) is 2. The number of hydrogen-bond acceptors (Lipinski definition) is 6. The van der Waals surface area contributed by atoms with E-state index in [-0.39, 0.29) is 18.6 Å². The number of amides is 1. The molecule has 0 bridgehead atoms. The van der Waals surface area contributed by atoms with Gasteiger partial charge in [-0.05, 0) is 38.3 Å². The number of rotatable bonds is 2. The summed E-state index contributed by atoms with van der Waals surface area (Å²) in [6.07, 6.45) is 2.15. The van der Waals surface area contributed by atoms with Gasteiger partial charge >= 0.3 is 0 Å². The highest BCUT2D eigenvalue weighted by molar-refractivity contribution is 5.82. The highest BCUT2D eigenvalue weighted by Crippen LogP contribution is 2.34. The Kier molecular flexibility index (Phi) is 3.84. The van der Waals surface area contributed by atoms with E-state index in [1.165, 1.54) is 0 Å². The van der Waals surface area contributed by atoms with Crippen LogP contribution in [0, 0.1) is 6.92 Å². The van der Waals surface area contributed by atoms with E-state index in [9.17, 15) is 4.79 Å². The summed E-state index contributed by atoms with van der Waals surface area (Å²) >= 11 is 0. The number of carbonyl (C=O) groups excluding carboxylic acids is 1. The molecule has 4 rings (SSSR count). The van der Waals surface area contributed by atoms with Gasteiger partial charge in [0, 0.05) is 6.54 Å². The Morgan fingerprint density at radius 2 is 2.08 bits per heavy atom. The molecule has 0 N–H and O–H groups in total. The van der Waals surface area contributed by atoms with Crippen LogP contribution < -0.4 is 9.47 Å². The molecule has 1 fully saturated rings. The first kappa shape index (κ1) is 15.0. The first-order valence-electron chi connectivity index (χ1n) is 8.21. The van der Waals surface area contributed by atoms with Gasteiger partial charge in [0.1, 0.15) is 12.6 Å². The maximum Gasteiger partial charge on any atom is 0.267 e. The van der Waals surface area contributed by atoms with Gasteiger partial charge in [-0.1, -0.05) is 17.3 Å². The van der Waals surface area contributed by atoms with Crippen molar-refractivity contribution in [3.8, 4) is 11.5 Å². The Labute approximate surface area is 139 Å². The van der Waals surface area contributed by atoms with Crippen molar-refractivity contribution in [2.45, 2.75) is 38.3 Å². The summed E-state index contributed by atoms with van der Waals surface area (Å²) in [5.41, 5.74) is 0. The van der Waals surface area contributed by atoms with Crippen molar-refractivity contribution in [2.75, 3.05) is 13.2 Å². The molecule has 1 aromatic heterocycles. The number of likely N-dealkylation sites (tertiary alicyclic amines) is 1. The second-order valence-electron chi connectivity index (χ2n) is 6.09. The Morgan fingerprint density at radius 3 is 2.88 bits per heavy atom. The third-order valence-corrected chi connectivity index (χ3v) is 4.40. The molecule has 0 spiro atoms. The summed E-state index contributed by atoms with van der Waals surface area (Å²) in [7, 11) is 0. The standard InChI is InChI=1S/C17H19N3O4/c1-11-18-16(24-19-11)12-6-4-5-9-20(12)17(21)15-10-22-13-7-2-3-8-14(13)23-15/h2-3,7-8,12,15H,4-6,9-10H2,1H3/t12-,15+/m1/s1. The van der Waals surface area contributed by atoms with E-state index in [2.05, 4.69) is 10.1 Å². The SMILES string of the molecule is Cc1noc([C@H]2CCCCN2C(=O)[C@@H]2COc3ccccc3O2)n1. The largest absolute Gasteiger partial charge is 0.485 e. The zero-order valence-corrected chi connectivity index (χ0v) is 13.5. The minimum Gasteiger partial charge on any atom is -0.485 e. The lowest BCUT2D eigenvalue weighted by Crippen LogP contribution is -2.49. The lowest BCUT2D eigenvalue weighted by molar-refractivity contribution is -0.145. The van der Waals surface area contributed by atoms with Crippen LogP contribution in [0.2, 0.25) is 0 Å². The van der Waals surface area contributed by atoms with E-state index in [0.29, 0.717) is 29.8 Å². The minimum atomic E-state index is -0.649. The first-order valence-corrected chi connectivity index (χ1v) is 8.21. The average Bonchev–Trinajstić information content (AvgIpc) is 3.07. The van der Waals surface area contributed by atoms with E-state index in [1.54, 1.807) is 11.8 Å². The number of aromatic nitrogens is 2. The summed E-state index contributed by atoms with van der Waals surface area (Å²) in [5.74, 6) is 2.26. The molecule has 7 nitrogen and oxygen atoms in total. The molecular formula is C17H19N3O4. The zero-order chi connectivity index (χ0) is 16.5. The van der Waals surface area contributed by atoms with Gasteiger partial charge in [-0.15, -0.1) is 0 Å². The van der Waals surface area contributed by atoms with Crippen LogP contribution in [0.1, 0.15) is 37.0 Å². The lowest BCUT2D eigenvalue weighted by Gasteiger charge is -2.36. The Morgan fingerprint density at radius 1 is 1.25 bits per heavy atom. The van der Waals surface area contributed by atoms with Crippen LogP contribution in [0.4, 0.5) is 0 Å². The van der Waals surface area contributed by atoms with Crippen molar-refractivity contribution >= 4 is 5.91 Å². The van der Waals surface area contributed by atoms with Crippen molar-refractivity contribution in [2.24, 2.45) is 0 Å². The smallest absolute Gasteiger partial charge is 0.267 e. The van der Waals surface area contributed by atoms with Gasteiger partial charge in [-0.3, -0.25) is 4.79 Å². The molecule has 2 aliphatic rings. The molecule has 0 unspecified atom stereocenters. The summed E-state index contributed by atoms with van der Waals surface area (Å²) in [4.78, 5) is 19.1. The molecule has 2 atom stereocenters. The van der Waals surface area contributed by atoms with Gasteiger partial charge in [0.15, 0.2) is 17.3 Å². The molecule has 0 radical (unpaired) electrons. The van der Waals surface area contributed by atoms with Gasteiger partial charge in [0.2, 0.25) is 12.0 Å². The summed E-state index contributed by atoms with van der Waals surface area (Å²) in [5, 5.41) is 3.85. The van der Waals surface area contributed by atoms with Crippen LogP contribution in [-0.2, 0) is 4.79 Å². The molecule has 1 amide bonds. The Balaban J connectivity index is 1.54. The van der Waals surface area contributed by atoms with Gasteiger partial charge < -0.3 is 18.9 Å². The second kappa shape index (κ2) is 6.14. The van der Waals surface area contributed by atoms with Crippen molar-refractivity contribution in [3.63, 3.8) is 0 Å². The molecule has 126 valence electrons. The van der Waals surface area contributed by atoms with Gasteiger partial charge in [-0.25, -0.2) is 0 Å². The number of piperidine rings is 1. The predicted molar refractivity (Wildman–Crippen MR) is 83.7 cm³/mol. The minimum absolute atomic E-state index is 0.0925. The maximum absolute atomic E-state index is 13.0. The van der Waals surface area contributed by atoms with Crippen molar-refractivity contribution < 1.29 is 18.8 Å². The fourth-order valence-electron chi connectivity index (χ4n) is 3.23. The van der Waals surface area contributed by atoms with Crippen molar-refractivity contribution in [1.82, 2.24) is 15.0 Å². The molecule has 0 aliphatic carbocycles. The number of benzene rings is 1. The van der Waals surface area contributed by atoms with E-state index in [4.69, 9.17) is 14.0 Å². The zero-order valence-electron chi connectivity index (χ0n) is 13.5. The molecule has 24 heavy (non-hydrogen) atoms. The highest BCUT2D eigenvalue weighted by Gasteiger charge is 2.38. The van der Waals surface area contributed by atoms with Crippen LogP contribution in [0.3, 0.4) is 0 Å². The van der Waals surface area contributed by atoms with E-state index < -0.39 is 6.10 Å². The molecule has 1 aromatic carbocycles. The van der Waals surface area contributed by atoms with Crippen LogP contribution in [-0.4, -0.2) is 40.2 Å². The number of carbonyl (C=O) groups is 1. The number of aryl methyl sites for hydroxylation is 1. The molecule has 1 saturated heterocycles. The molecule has 7 heteroatoms. The number of nitrogens with zero attached hydrogens (tertiary/aromatic N) is 3. The normalized spacial score (nSPS) is 23.1. The summed E-state index contributed by atoms with van der Waals surface area (Å²) in [6, 6.07) is 7.20. The number of fused-ring (bicyclic) bond motifs is 1. The molecular weight excluding hydrogens is 310 g/mol. The molecule has 2 aromatic rings. The lowest BCUT2D eigenvalue weighted by atomic mass is 10.0. The van der Waals surface area contributed by atoms with Gasteiger partial charge in [-0.2, -0.15) is 4.98 Å². The monoisotopic (exact) mass is 329 g/mol. The van der Waals surface area contributed by atoms with Crippen LogP contribution in [0.15, 0.2) is 28.8 Å². The van der Waals surface area contributed by atoms with Crippen LogP contribution >= 0.6 is 0 Å². The Bertz CT molecular complexity index is 745. The third kappa shape index (κ3) is 2.70. The molecule has 0 saturated carbocycles. The van der Waals surface area contributed by atoms with Gasteiger partial charge in [0.05, 0.1) is 0 Å². The van der Waals surface area contributed by atoms with Crippen molar-refractivity contribution in [3.05, 3.63) is 36.0 Å². The quantitative estimate of drug-likeness (QED) is 0.841. The van der Waals surface area contributed by atoms with E-state index >= 15 is 0 Å². The number of para-hydroxylation sites is 2. The average molecular weight is 329 g/mol. The molecule has 3 heterocycles. The fraction of sp³-hybridized carbons (Fsp3) is 0.471.